The van der Waals surface area contributed by atoms with Crippen LogP contribution in [0.25, 0.3) is 0 Å². The second-order valence-corrected chi connectivity index (χ2v) is 5.83. The normalized spacial score (nSPS) is 12.2. The molecule has 0 aliphatic heterocycles. The molecule has 0 saturated heterocycles. The van der Waals surface area contributed by atoms with Crippen LogP contribution in [0.5, 0.6) is 5.75 Å². The van der Waals surface area contributed by atoms with Gasteiger partial charge >= 0.3 is 0 Å². The zero-order valence-electron chi connectivity index (χ0n) is 12.0. The molecule has 0 heterocycles. The summed E-state index contributed by atoms with van der Waals surface area (Å²) in [6.07, 6.45) is 0.0996. The van der Waals surface area contributed by atoms with Gasteiger partial charge in [0, 0.05) is 6.42 Å². The fraction of sp³-hybridized carbons (Fsp3) is 0.294. The smallest absolute Gasteiger partial charge is 0.133 e. The van der Waals surface area contributed by atoms with E-state index in [0.29, 0.717) is 6.42 Å². The quantitative estimate of drug-likeness (QED) is 0.900. The molecule has 0 aliphatic rings. The lowest BCUT2D eigenvalue weighted by atomic mass is 9.95. The second-order valence-electron chi connectivity index (χ2n) is 4.98. The highest BCUT2D eigenvalue weighted by Gasteiger charge is 2.13. The molecule has 2 aromatic carbocycles. The first-order valence-corrected chi connectivity index (χ1v) is 7.39. The molecule has 1 N–H and O–H groups in total. The van der Waals surface area contributed by atoms with Crippen LogP contribution in [0, 0.1) is 13.8 Å². The number of rotatable bonds is 4. The number of halogens is 1. The van der Waals surface area contributed by atoms with Crippen molar-refractivity contribution in [3.05, 3.63) is 63.1 Å². The van der Waals surface area contributed by atoms with E-state index >= 15 is 0 Å². The van der Waals surface area contributed by atoms with Crippen molar-refractivity contribution in [2.24, 2.45) is 0 Å². The Kier molecular flexibility index (Phi) is 4.84. The van der Waals surface area contributed by atoms with Crippen LogP contribution in [0.3, 0.4) is 0 Å². The Labute approximate surface area is 128 Å². The molecule has 3 heteroatoms. The summed E-state index contributed by atoms with van der Waals surface area (Å²) in [7, 11) is 1.64. The third-order valence-electron chi connectivity index (χ3n) is 3.65. The molecule has 2 nitrogen and oxygen atoms in total. The van der Waals surface area contributed by atoms with Gasteiger partial charge in [0.25, 0.3) is 0 Å². The van der Waals surface area contributed by atoms with Crippen molar-refractivity contribution < 1.29 is 9.84 Å². The van der Waals surface area contributed by atoms with E-state index in [1.807, 2.05) is 30.3 Å². The van der Waals surface area contributed by atoms with Crippen molar-refractivity contribution in [3.63, 3.8) is 0 Å². The highest BCUT2D eigenvalue weighted by atomic mass is 79.9. The lowest BCUT2D eigenvalue weighted by molar-refractivity contribution is 0.177. The molecule has 0 spiro atoms. The van der Waals surface area contributed by atoms with E-state index < -0.39 is 6.10 Å². The summed E-state index contributed by atoms with van der Waals surface area (Å²) in [5.74, 6) is 0.801. The Morgan fingerprint density at radius 3 is 2.60 bits per heavy atom. The van der Waals surface area contributed by atoms with Gasteiger partial charge in [0.2, 0.25) is 0 Å². The van der Waals surface area contributed by atoms with Gasteiger partial charge in [0.1, 0.15) is 5.75 Å². The Balaban J connectivity index is 2.21. The van der Waals surface area contributed by atoms with Gasteiger partial charge in [0.15, 0.2) is 0 Å². The van der Waals surface area contributed by atoms with Crippen molar-refractivity contribution >= 4 is 15.9 Å². The third kappa shape index (κ3) is 3.22. The second kappa shape index (κ2) is 6.42. The van der Waals surface area contributed by atoms with Crippen LogP contribution in [0.1, 0.15) is 28.4 Å². The van der Waals surface area contributed by atoms with Gasteiger partial charge in [-0.25, -0.2) is 0 Å². The molecule has 2 rings (SSSR count). The number of aliphatic hydroxyl groups excluding tert-OH is 1. The van der Waals surface area contributed by atoms with Crippen LogP contribution in [-0.4, -0.2) is 12.2 Å². The molecule has 0 amide bonds. The molecule has 0 saturated carbocycles. The maximum atomic E-state index is 10.5. The van der Waals surface area contributed by atoms with Gasteiger partial charge < -0.3 is 9.84 Å². The molecule has 1 unspecified atom stereocenters. The molecule has 20 heavy (non-hydrogen) atoms. The summed E-state index contributed by atoms with van der Waals surface area (Å²) < 4.78 is 6.12. The predicted octanol–water partition coefficient (Wildman–Crippen LogP) is 4.35. The van der Waals surface area contributed by atoms with E-state index in [1.54, 1.807) is 7.11 Å². The van der Waals surface area contributed by atoms with Crippen LogP contribution >= 0.6 is 15.9 Å². The van der Waals surface area contributed by atoms with Crippen molar-refractivity contribution in [1.29, 1.82) is 0 Å². The van der Waals surface area contributed by atoms with Crippen LogP contribution in [0.4, 0.5) is 0 Å². The summed E-state index contributed by atoms with van der Waals surface area (Å²) in [5, 5.41) is 10.5. The number of ether oxygens (including phenoxy) is 1. The van der Waals surface area contributed by atoms with Gasteiger partial charge in [-0.1, -0.05) is 24.3 Å². The van der Waals surface area contributed by atoms with E-state index in [1.165, 1.54) is 5.56 Å². The van der Waals surface area contributed by atoms with Crippen molar-refractivity contribution in [1.82, 2.24) is 0 Å². The zero-order valence-corrected chi connectivity index (χ0v) is 13.6. The first-order valence-electron chi connectivity index (χ1n) is 6.59. The molecule has 0 bridgehead atoms. The summed E-state index contributed by atoms with van der Waals surface area (Å²) in [6, 6.07) is 11.9. The van der Waals surface area contributed by atoms with Gasteiger partial charge in [-0.15, -0.1) is 0 Å². The number of aryl methyl sites for hydroxylation is 1. The van der Waals surface area contributed by atoms with Crippen LogP contribution < -0.4 is 4.74 Å². The molecule has 0 fully saturated rings. The minimum absolute atomic E-state index is 0.491. The Morgan fingerprint density at radius 2 is 1.95 bits per heavy atom. The lowest BCUT2D eigenvalue weighted by Crippen LogP contribution is -2.05. The monoisotopic (exact) mass is 334 g/mol. The molecule has 0 aromatic heterocycles. The Bertz CT molecular complexity index is 608. The van der Waals surface area contributed by atoms with Crippen LogP contribution in [-0.2, 0) is 6.42 Å². The summed E-state index contributed by atoms with van der Waals surface area (Å²) in [4.78, 5) is 0. The number of hydrogen-bond donors (Lipinski definition) is 1. The fourth-order valence-corrected chi connectivity index (χ4v) is 2.89. The largest absolute Gasteiger partial charge is 0.496 e. The topological polar surface area (TPSA) is 29.5 Å². The molecule has 2 aromatic rings. The first-order chi connectivity index (χ1) is 9.52. The first kappa shape index (κ1) is 15.1. The highest BCUT2D eigenvalue weighted by Crippen LogP contribution is 2.29. The van der Waals surface area contributed by atoms with Crippen molar-refractivity contribution in [3.8, 4) is 5.75 Å². The molecular weight excluding hydrogens is 316 g/mol. The highest BCUT2D eigenvalue weighted by molar-refractivity contribution is 9.10. The van der Waals surface area contributed by atoms with E-state index in [4.69, 9.17) is 4.74 Å². The SMILES string of the molecule is COc1ccc(CC(O)c2cccc(C)c2C)cc1Br. The van der Waals surface area contributed by atoms with Crippen LogP contribution in [0.15, 0.2) is 40.9 Å². The molecule has 106 valence electrons. The molecular formula is C17H19BrO2. The maximum absolute atomic E-state index is 10.5. The third-order valence-corrected chi connectivity index (χ3v) is 4.27. The average Bonchev–Trinajstić information content (AvgIpc) is 2.42. The van der Waals surface area contributed by atoms with E-state index in [9.17, 15) is 5.11 Å². The van der Waals surface area contributed by atoms with E-state index in [-0.39, 0.29) is 0 Å². The fourth-order valence-electron chi connectivity index (χ4n) is 2.30. The minimum Gasteiger partial charge on any atom is -0.496 e. The Morgan fingerprint density at radius 1 is 1.20 bits per heavy atom. The number of hydrogen-bond acceptors (Lipinski definition) is 2. The minimum atomic E-state index is -0.491. The Hall–Kier alpha value is -1.32. The molecule has 1 atom stereocenters. The summed E-state index contributed by atoms with van der Waals surface area (Å²) in [5.41, 5.74) is 4.44. The molecule has 0 aliphatic carbocycles. The summed E-state index contributed by atoms with van der Waals surface area (Å²) >= 11 is 3.47. The number of benzene rings is 2. The van der Waals surface area contributed by atoms with Gasteiger partial charge in [-0.2, -0.15) is 0 Å². The van der Waals surface area contributed by atoms with Gasteiger partial charge in [-0.3, -0.25) is 0 Å². The van der Waals surface area contributed by atoms with Gasteiger partial charge in [0.05, 0.1) is 17.7 Å². The predicted molar refractivity (Wildman–Crippen MR) is 85.3 cm³/mol. The van der Waals surface area contributed by atoms with E-state index in [0.717, 1.165) is 26.9 Å². The average molecular weight is 335 g/mol. The van der Waals surface area contributed by atoms with Gasteiger partial charge in [-0.05, 0) is 64.2 Å². The van der Waals surface area contributed by atoms with E-state index in [2.05, 4.69) is 35.8 Å². The number of aliphatic hydroxyl groups is 1. The lowest BCUT2D eigenvalue weighted by Gasteiger charge is -2.16. The van der Waals surface area contributed by atoms with Crippen molar-refractivity contribution in [2.45, 2.75) is 26.4 Å². The van der Waals surface area contributed by atoms with Crippen LogP contribution in [0.2, 0.25) is 0 Å². The van der Waals surface area contributed by atoms with Crippen molar-refractivity contribution in [2.75, 3.05) is 7.11 Å². The zero-order chi connectivity index (χ0) is 14.7. The number of methoxy groups -OCH3 is 1. The maximum Gasteiger partial charge on any atom is 0.133 e. The molecule has 0 radical (unpaired) electrons. The summed E-state index contributed by atoms with van der Waals surface area (Å²) in [6.45, 7) is 4.12. The standard InChI is InChI=1S/C17H19BrO2/c1-11-5-4-6-14(12(11)2)16(19)10-13-7-8-17(20-3)15(18)9-13/h4-9,16,19H,10H2,1-3H3.